The zero-order valence-corrected chi connectivity index (χ0v) is 18.0. The van der Waals surface area contributed by atoms with Crippen molar-refractivity contribution >= 4 is 34.4 Å². The van der Waals surface area contributed by atoms with Gasteiger partial charge in [0, 0.05) is 18.5 Å². The quantitative estimate of drug-likeness (QED) is 0.545. The van der Waals surface area contributed by atoms with Crippen LogP contribution >= 0.6 is 11.6 Å². The average Bonchev–Trinajstić information content (AvgIpc) is 3.51. The largest absolute Gasteiger partial charge is 0.466 e. The summed E-state index contributed by atoms with van der Waals surface area (Å²) in [6.07, 6.45) is -2.20. The van der Waals surface area contributed by atoms with E-state index in [2.05, 4.69) is 0 Å². The Bertz CT molecular complexity index is 1030. The highest BCUT2D eigenvalue weighted by molar-refractivity contribution is 6.38. The summed E-state index contributed by atoms with van der Waals surface area (Å²) >= 11 is 6.36. The molecule has 2 heterocycles. The molecule has 1 amide bonds. The number of hydrogen-bond donors (Lipinski definition) is 0. The summed E-state index contributed by atoms with van der Waals surface area (Å²) in [7, 11) is 0. The molecule has 1 aromatic heterocycles. The summed E-state index contributed by atoms with van der Waals surface area (Å²) in [5.74, 6) is -1.10. The van der Waals surface area contributed by atoms with Gasteiger partial charge in [-0.1, -0.05) is 11.6 Å². The molecule has 2 aromatic rings. The number of carbonyl (C=O) groups is 2. The number of hydrogen-bond acceptors (Lipinski definition) is 4. The lowest BCUT2D eigenvalue weighted by molar-refractivity contribution is -0.157. The van der Waals surface area contributed by atoms with Crippen molar-refractivity contribution in [3.63, 3.8) is 0 Å². The molecular formula is C22H23ClF3NO4. The molecule has 2 fully saturated rings. The molecule has 1 saturated heterocycles. The highest BCUT2D eigenvalue weighted by atomic mass is 35.5. The van der Waals surface area contributed by atoms with E-state index >= 15 is 0 Å². The Morgan fingerprint density at radius 2 is 1.90 bits per heavy atom. The highest BCUT2D eigenvalue weighted by Gasteiger charge is 2.42. The first kappa shape index (κ1) is 22.0. The van der Waals surface area contributed by atoms with Crippen molar-refractivity contribution < 1.29 is 31.9 Å². The third-order valence-corrected chi connectivity index (χ3v) is 6.60. The van der Waals surface area contributed by atoms with E-state index in [0.717, 1.165) is 18.9 Å². The minimum absolute atomic E-state index is 0.0817. The van der Waals surface area contributed by atoms with Crippen molar-refractivity contribution in [2.75, 3.05) is 19.7 Å². The van der Waals surface area contributed by atoms with Crippen LogP contribution in [-0.4, -0.2) is 36.5 Å². The molecule has 1 aliphatic heterocycles. The van der Waals surface area contributed by atoms with Crippen molar-refractivity contribution in [1.29, 1.82) is 0 Å². The van der Waals surface area contributed by atoms with Crippen LogP contribution in [0.1, 0.15) is 67.1 Å². The maximum atomic E-state index is 13.7. The summed E-state index contributed by atoms with van der Waals surface area (Å²) in [5, 5.41) is 0.00170. The second-order valence-corrected chi connectivity index (χ2v) is 8.91. The van der Waals surface area contributed by atoms with Crippen LogP contribution in [0.3, 0.4) is 0 Å². The average molecular weight is 458 g/mol. The van der Waals surface area contributed by atoms with E-state index in [9.17, 15) is 22.8 Å². The lowest BCUT2D eigenvalue weighted by atomic mass is 9.80. The van der Waals surface area contributed by atoms with Gasteiger partial charge in [0.05, 0.1) is 22.6 Å². The van der Waals surface area contributed by atoms with E-state index in [-0.39, 0.29) is 47.8 Å². The predicted molar refractivity (Wildman–Crippen MR) is 108 cm³/mol. The van der Waals surface area contributed by atoms with Crippen LogP contribution in [0.15, 0.2) is 16.5 Å². The van der Waals surface area contributed by atoms with Crippen LogP contribution in [0.4, 0.5) is 13.2 Å². The molecule has 31 heavy (non-hydrogen) atoms. The molecule has 0 N–H and O–H groups in total. The number of fused-ring (bicyclic) bond motifs is 1. The predicted octanol–water partition coefficient (Wildman–Crippen LogP) is 5.79. The molecule has 0 radical (unpaired) electrons. The van der Waals surface area contributed by atoms with Crippen molar-refractivity contribution in [3.8, 4) is 0 Å². The topological polar surface area (TPSA) is 59.8 Å². The fraction of sp³-hybridized carbons (Fsp3) is 0.545. The van der Waals surface area contributed by atoms with Crippen molar-refractivity contribution in [2.24, 2.45) is 5.41 Å². The van der Waals surface area contributed by atoms with Crippen LogP contribution < -0.4 is 0 Å². The molecule has 1 aromatic carbocycles. The van der Waals surface area contributed by atoms with Gasteiger partial charge in [0.25, 0.3) is 5.91 Å². The van der Waals surface area contributed by atoms with Crippen LogP contribution in [0.2, 0.25) is 5.02 Å². The summed E-state index contributed by atoms with van der Waals surface area (Å²) in [6.45, 7) is 4.29. The number of ether oxygens (including phenoxy) is 1. The Balaban J connectivity index is 1.64. The van der Waals surface area contributed by atoms with Gasteiger partial charge in [0.15, 0.2) is 0 Å². The number of alkyl halides is 3. The van der Waals surface area contributed by atoms with E-state index in [1.165, 1.54) is 4.90 Å². The third kappa shape index (κ3) is 4.02. The zero-order chi connectivity index (χ0) is 22.6. The van der Waals surface area contributed by atoms with Gasteiger partial charge >= 0.3 is 12.1 Å². The lowest BCUT2D eigenvalue weighted by Gasteiger charge is -2.37. The molecule has 0 bridgehead atoms. The first-order valence-electron chi connectivity index (χ1n) is 10.3. The number of nitrogens with zero attached hydrogens (tertiary/aromatic N) is 1. The first-order valence-corrected chi connectivity index (χ1v) is 10.7. The molecular weight excluding hydrogens is 435 g/mol. The number of halogens is 4. The molecule has 0 atom stereocenters. The Morgan fingerprint density at radius 1 is 1.26 bits per heavy atom. The number of rotatable bonds is 4. The van der Waals surface area contributed by atoms with Crippen LogP contribution in [0.25, 0.3) is 11.0 Å². The number of piperidine rings is 1. The lowest BCUT2D eigenvalue weighted by Crippen LogP contribution is -2.45. The van der Waals surface area contributed by atoms with Crippen LogP contribution in [-0.2, 0) is 15.7 Å². The monoisotopic (exact) mass is 457 g/mol. The van der Waals surface area contributed by atoms with Crippen molar-refractivity contribution in [1.82, 2.24) is 4.90 Å². The maximum absolute atomic E-state index is 13.7. The molecule has 5 nitrogen and oxygen atoms in total. The van der Waals surface area contributed by atoms with Gasteiger partial charge in [0.1, 0.15) is 5.58 Å². The van der Waals surface area contributed by atoms with Crippen LogP contribution in [0.5, 0.6) is 0 Å². The standard InChI is InChI=1S/C22H23ClF3NO4/c1-3-30-20(29)21(2)6-8-27(9-7-21)19(28)18-16(23)14-10-13(12-4-5-12)11-15(17(14)31-18)22(24,25)26/h10-12H,3-9H2,1-2H3. The van der Waals surface area contributed by atoms with Gasteiger partial charge in [-0.2, -0.15) is 13.2 Å². The van der Waals surface area contributed by atoms with Gasteiger partial charge in [0.2, 0.25) is 5.76 Å². The minimum atomic E-state index is -4.63. The van der Waals surface area contributed by atoms with Gasteiger partial charge in [-0.05, 0) is 63.1 Å². The SMILES string of the molecule is CCOC(=O)C1(C)CCN(C(=O)c2oc3c(C(F)(F)F)cc(C4CC4)cc3c2Cl)CC1. The normalized spacial score (nSPS) is 19.0. The van der Waals surface area contributed by atoms with Gasteiger partial charge < -0.3 is 14.1 Å². The summed E-state index contributed by atoms with van der Waals surface area (Å²) in [6, 6.07) is 2.69. The fourth-order valence-electron chi connectivity index (χ4n) is 4.05. The van der Waals surface area contributed by atoms with Gasteiger partial charge in [-0.3, -0.25) is 9.59 Å². The summed E-state index contributed by atoms with van der Waals surface area (Å²) in [5.41, 5.74) is -1.47. The number of amides is 1. The molecule has 1 saturated carbocycles. The van der Waals surface area contributed by atoms with E-state index in [0.29, 0.717) is 18.4 Å². The van der Waals surface area contributed by atoms with E-state index in [1.54, 1.807) is 19.9 Å². The molecule has 0 unspecified atom stereocenters. The molecule has 168 valence electrons. The molecule has 0 spiro atoms. The van der Waals surface area contributed by atoms with E-state index < -0.39 is 28.6 Å². The number of likely N-dealkylation sites (tertiary alicyclic amines) is 1. The zero-order valence-electron chi connectivity index (χ0n) is 17.3. The van der Waals surface area contributed by atoms with Gasteiger partial charge in [-0.15, -0.1) is 0 Å². The fourth-order valence-corrected chi connectivity index (χ4v) is 4.31. The maximum Gasteiger partial charge on any atom is 0.420 e. The van der Waals surface area contributed by atoms with Crippen molar-refractivity contribution in [3.05, 3.63) is 34.0 Å². The second kappa shape index (κ2) is 7.73. The smallest absolute Gasteiger partial charge is 0.420 e. The highest BCUT2D eigenvalue weighted by Crippen LogP contribution is 2.47. The Hall–Kier alpha value is -2.22. The third-order valence-electron chi connectivity index (χ3n) is 6.22. The summed E-state index contributed by atoms with van der Waals surface area (Å²) in [4.78, 5) is 26.7. The minimum Gasteiger partial charge on any atom is -0.466 e. The molecule has 9 heteroatoms. The van der Waals surface area contributed by atoms with Gasteiger partial charge in [-0.25, -0.2) is 0 Å². The molecule has 1 aliphatic carbocycles. The number of carbonyl (C=O) groups excluding carboxylic acids is 2. The second-order valence-electron chi connectivity index (χ2n) is 8.54. The first-order chi connectivity index (χ1) is 14.5. The molecule has 4 rings (SSSR count). The van der Waals surface area contributed by atoms with E-state index in [1.807, 2.05) is 0 Å². The number of benzene rings is 1. The number of esters is 1. The van der Waals surface area contributed by atoms with Crippen molar-refractivity contribution in [2.45, 2.75) is 51.6 Å². The Labute approximate surface area is 182 Å². The van der Waals surface area contributed by atoms with E-state index in [4.69, 9.17) is 20.8 Å². The summed E-state index contributed by atoms with van der Waals surface area (Å²) < 4.78 is 51.5. The Morgan fingerprint density at radius 3 is 2.45 bits per heavy atom. The number of furan rings is 1. The Kier molecular flexibility index (Phi) is 5.48. The molecule has 2 aliphatic rings. The van der Waals surface area contributed by atoms with Crippen LogP contribution in [0, 0.1) is 5.41 Å².